The van der Waals surface area contributed by atoms with E-state index in [1.807, 2.05) is 7.05 Å². The summed E-state index contributed by atoms with van der Waals surface area (Å²) in [5.41, 5.74) is 0. The second-order valence-electron chi connectivity index (χ2n) is 7.71. The Morgan fingerprint density at radius 3 is 2.78 bits per heavy atom. The fourth-order valence-corrected chi connectivity index (χ4v) is 4.57. The van der Waals surface area contributed by atoms with E-state index < -0.39 is 0 Å². The van der Waals surface area contributed by atoms with E-state index in [1.54, 1.807) is 0 Å². The van der Waals surface area contributed by atoms with Gasteiger partial charge in [-0.2, -0.15) is 0 Å². The zero-order chi connectivity index (χ0) is 16.1. The van der Waals surface area contributed by atoms with Crippen LogP contribution in [0.2, 0.25) is 0 Å². The molecule has 3 aliphatic rings. The molecule has 23 heavy (non-hydrogen) atoms. The molecule has 1 saturated carbocycles. The highest BCUT2D eigenvalue weighted by Crippen LogP contribution is 2.30. The summed E-state index contributed by atoms with van der Waals surface area (Å²) in [6.07, 6.45) is 12.9. The van der Waals surface area contributed by atoms with Crippen molar-refractivity contribution in [2.24, 2.45) is 16.8 Å². The molecule has 1 N–H and O–H groups in total. The number of rotatable bonds is 4. The SMILES string of the molecule is CN=C(NCCC1CCCC(C)C1)N1CCC(N2CC=CC2)C1. The summed E-state index contributed by atoms with van der Waals surface area (Å²) in [4.78, 5) is 9.56. The molecule has 0 aromatic carbocycles. The largest absolute Gasteiger partial charge is 0.356 e. The minimum atomic E-state index is 0.697. The van der Waals surface area contributed by atoms with Crippen molar-refractivity contribution < 1.29 is 0 Å². The summed E-state index contributed by atoms with van der Waals surface area (Å²) in [5.74, 6) is 2.97. The lowest BCUT2D eigenvalue weighted by Gasteiger charge is -2.28. The zero-order valence-electron chi connectivity index (χ0n) is 15.0. The smallest absolute Gasteiger partial charge is 0.193 e. The van der Waals surface area contributed by atoms with Crippen molar-refractivity contribution in [3.05, 3.63) is 12.2 Å². The highest BCUT2D eigenvalue weighted by atomic mass is 15.3. The standard InChI is InChI=1S/C19H34N4/c1-16-6-5-7-17(14-16)8-10-21-19(20-2)23-13-9-18(15-23)22-11-3-4-12-22/h3-4,16-18H,5-15H2,1-2H3,(H,20,21). The van der Waals surface area contributed by atoms with Gasteiger partial charge >= 0.3 is 0 Å². The molecule has 4 heteroatoms. The lowest BCUT2D eigenvalue weighted by molar-refractivity contribution is 0.258. The van der Waals surface area contributed by atoms with E-state index in [0.717, 1.165) is 50.5 Å². The van der Waals surface area contributed by atoms with Crippen LogP contribution in [0.1, 0.15) is 45.4 Å². The third-order valence-corrected chi connectivity index (χ3v) is 5.92. The Balaban J connectivity index is 1.40. The molecule has 0 amide bonds. The molecule has 2 fully saturated rings. The molecule has 0 bridgehead atoms. The highest BCUT2D eigenvalue weighted by molar-refractivity contribution is 5.80. The van der Waals surface area contributed by atoms with Crippen LogP contribution >= 0.6 is 0 Å². The van der Waals surface area contributed by atoms with Gasteiger partial charge in [0.15, 0.2) is 5.96 Å². The second-order valence-corrected chi connectivity index (χ2v) is 7.71. The van der Waals surface area contributed by atoms with Gasteiger partial charge in [-0.1, -0.05) is 38.3 Å². The topological polar surface area (TPSA) is 30.9 Å². The Kier molecular flexibility index (Phi) is 5.98. The van der Waals surface area contributed by atoms with E-state index in [0.29, 0.717) is 6.04 Å². The van der Waals surface area contributed by atoms with Crippen LogP contribution in [0.4, 0.5) is 0 Å². The molecular formula is C19H34N4. The van der Waals surface area contributed by atoms with Crippen LogP contribution in [0.3, 0.4) is 0 Å². The van der Waals surface area contributed by atoms with Gasteiger partial charge in [0.05, 0.1) is 0 Å². The molecule has 4 nitrogen and oxygen atoms in total. The summed E-state index contributed by atoms with van der Waals surface area (Å²) in [5, 5.41) is 3.63. The molecule has 0 aromatic rings. The van der Waals surface area contributed by atoms with Crippen molar-refractivity contribution in [3.8, 4) is 0 Å². The van der Waals surface area contributed by atoms with Crippen LogP contribution < -0.4 is 5.32 Å². The van der Waals surface area contributed by atoms with Crippen LogP contribution in [0.5, 0.6) is 0 Å². The Bertz CT molecular complexity index is 423. The lowest BCUT2D eigenvalue weighted by Crippen LogP contribution is -2.43. The van der Waals surface area contributed by atoms with E-state index in [9.17, 15) is 0 Å². The van der Waals surface area contributed by atoms with E-state index in [2.05, 4.69) is 39.2 Å². The van der Waals surface area contributed by atoms with Crippen molar-refractivity contribution >= 4 is 5.96 Å². The number of nitrogens with zero attached hydrogens (tertiary/aromatic N) is 3. The number of guanidine groups is 1. The third-order valence-electron chi connectivity index (χ3n) is 5.92. The van der Waals surface area contributed by atoms with Crippen LogP contribution in [0.25, 0.3) is 0 Å². The Hall–Kier alpha value is -1.03. The van der Waals surface area contributed by atoms with Gasteiger partial charge in [0, 0.05) is 45.8 Å². The van der Waals surface area contributed by atoms with E-state index in [4.69, 9.17) is 0 Å². The summed E-state index contributed by atoms with van der Waals surface area (Å²) in [7, 11) is 1.93. The van der Waals surface area contributed by atoms with Gasteiger partial charge < -0.3 is 10.2 Å². The average Bonchev–Trinajstić information content (AvgIpc) is 3.22. The normalized spacial score (nSPS) is 32.7. The van der Waals surface area contributed by atoms with Gasteiger partial charge in [0.25, 0.3) is 0 Å². The Morgan fingerprint density at radius 1 is 1.22 bits per heavy atom. The van der Waals surface area contributed by atoms with Crippen molar-refractivity contribution in [2.45, 2.75) is 51.5 Å². The molecule has 3 rings (SSSR count). The van der Waals surface area contributed by atoms with Crippen LogP contribution in [-0.4, -0.2) is 61.6 Å². The Labute approximate surface area is 142 Å². The monoisotopic (exact) mass is 318 g/mol. The molecule has 130 valence electrons. The van der Waals surface area contributed by atoms with Gasteiger partial charge in [0.1, 0.15) is 0 Å². The summed E-state index contributed by atoms with van der Waals surface area (Å²) >= 11 is 0. The molecule has 0 spiro atoms. The van der Waals surface area contributed by atoms with Crippen molar-refractivity contribution in [1.29, 1.82) is 0 Å². The van der Waals surface area contributed by atoms with Crippen LogP contribution in [0.15, 0.2) is 17.1 Å². The quantitative estimate of drug-likeness (QED) is 0.491. The first-order valence-corrected chi connectivity index (χ1v) is 9.61. The summed E-state index contributed by atoms with van der Waals surface area (Å²) in [6.45, 7) is 8.02. The molecule has 3 atom stereocenters. The maximum absolute atomic E-state index is 4.53. The number of nitrogens with one attached hydrogen (secondary N) is 1. The second kappa shape index (κ2) is 8.18. The molecule has 1 saturated heterocycles. The van der Waals surface area contributed by atoms with Gasteiger partial charge in [-0.05, 0) is 31.1 Å². The minimum Gasteiger partial charge on any atom is -0.356 e. The number of hydrogen-bond acceptors (Lipinski definition) is 2. The highest BCUT2D eigenvalue weighted by Gasteiger charge is 2.29. The first-order chi connectivity index (χ1) is 11.3. The van der Waals surface area contributed by atoms with Crippen molar-refractivity contribution in [1.82, 2.24) is 15.1 Å². The van der Waals surface area contributed by atoms with Crippen molar-refractivity contribution in [3.63, 3.8) is 0 Å². The van der Waals surface area contributed by atoms with Gasteiger partial charge in [-0.25, -0.2) is 0 Å². The summed E-state index contributed by atoms with van der Waals surface area (Å²) < 4.78 is 0. The minimum absolute atomic E-state index is 0.697. The molecule has 1 aliphatic carbocycles. The first kappa shape index (κ1) is 16.8. The molecule has 0 aromatic heterocycles. The molecule has 3 unspecified atom stereocenters. The molecular weight excluding hydrogens is 284 g/mol. The fraction of sp³-hybridized carbons (Fsp3) is 0.842. The lowest BCUT2D eigenvalue weighted by atomic mass is 9.81. The number of likely N-dealkylation sites (tertiary alicyclic amines) is 1. The van der Waals surface area contributed by atoms with Gasteiger partial charge in [-0.3, -0.25) is 9.89 Å². The van der Waals surface area contributed by atoms with Crippen LogP contribution in [-0.2, 0) is 0 Å². The maximum atomic E-state index is 4.53. The van der Waals surface area contributed by atoms with Gasteiger partial charge in [-0.15, -0.1) is 0 Å². The Morgan fingerprint density at radius 2 is 2.04 bits per heavy atom. The van der Waals surface area contributed by atoms with E-state index in [-0.39, 0.29) is 0 Å². The number of hydrogen-bond donors (Lipinski definition) is 1. The predicted octanol–water partition coefficient (Wildman–Crippen LogP) is 2.72. The van der Waals surface area contributed by atoms with Gasteiger partial charge in [0.2, 0.25) is 0 Å². The number of aliphatic imine (C=N–C) groups is 1. The first-order valence-electron chi connectivity index (χ1n) is 9.61. The summed E-state index contributed by atoms with van der Waals surface area (Å²) in [6, 6.07) is 0.697. The molecule has 0 radical (unpaired) electrons. The van der Waals surface area contributed by atoms with E-state index >= 15 is 0 Å². The van der Waals surface area contributed by atoms with Crippen LogP contribution in [0, 0.1) is 11.8 Å². The molecule has 2 aliphatic heterocycles. The van der Waals surface area contributed by atoms with Crippen molar-refractivity contribution in [2.75, 3.05) is 39.8 Å². The fourth-order valence-electron chi connectivity index (χ4n) is 4.57. The third kappa shape index (κ3) is 4.50. The zero-order valence-corrected chi connectivity index (χ0v) is 15.0. The predicted molar refractivity (Wildman–Crippen MR) is 97.8 cm³/mol. The average molecular weight is 319 g/mol. The van der Waals surface area contributed by atoms with E-state index in [1.165, 1.54) is 38.5 Å². The maximum Gasteiger partial charge on any atom is 0.193 e. The molecule has 2 heterocycles.